The minimum atomic E-state index is -0.0748. The Kier molecular flexibility index (Phi) is 3.53. The van der Waals surface area contributed by atoms with Crippen LogP contribution in [-0.4, -0.2) is 10.9 Å². The molecule has 0 atom stereocenters. The third-order valence-electron chi connectivity index (χ3n) is 3.27. The van der Waals surface area contributed by atoms with E-state index in [1.54, 1.807) is 23.5 Å². The van der Waals surface area contributed by atoms with Crippen molar-refractivity contribution in [1.82, 2.24) is 4.98 Å². The zero-order valence-corrected chi connectivity index (χ0v) is 11.9. The van der Waals surface area contributed by atoms with Crippen molar-refractivity contribution in [2.45, 2.75) is 25.7 Å². The van der Waals surface area contributed by atoms with Crippen LogP contribution in [0.4, 0.5) is 5.82 Å². The van der Waals surface area contributed by atoms with Gasteiger partial charge in [-0.15, -0.1) is 11.3 Å². The zero-order chi connectivity index (χ0) is 13.2. The summed E-state index contributed by atoms with van der Waals surface area (Å²) in [7, 11) is 0. The van der Waals surface area contributed by atoms with Crippen molar-refractivity contribution in [3.63, 3.8) is 0 Å². The Morgan fingerprint density at radius 2 is 2.16 bits per heavy atom. The number of carbonyl (C=O) groups is 1. The second-order valence-electron chi connectivity index (χ2n) is 4.57. The summed E-state index contributed by atoms with van der Waals surface area (Å²) in [5.41, 5.74) is 2.03. The molecule has 1 aliphatic carbocycles. The van der Waals surface area contributed by atoms with Crippen molar-refractivity contribution >= 4 is 34.7 Å². The highest BCUT2D eigenvalue weighted by molar-refractivity contribution is 7.10. The molecule has 5 heteroatoms. The average Bonchev–Trinajstić information content (AvgIpc) is 2.85. The van der Waals surface area contributed by atoms with Crippen LogP contribution < -0.4 is 5.32 Å². The number of fused-ring (bicyclic) bond motifs is 1. The van der Waals surface area contributed by atoms with Gasteiger partial charge < -0.3 is 5.32 Å². The molecule has 3 nitrogen and oxygen atoms in total. The van der Waals surface area contributed by atoms with Crippen LogP contribution in [0.15, 0.2) is 23.7 Å². The number of halogens is 1. The highest BCUT2D eigenvalue weighted by atomic mass is 35.5. The van der Waals surface area contributed by atoms with E-state index in [9.17, 15) is 4.79 Å². The minimum absolute atomic E-state index is 0.0748. The Labute approximate surface area is 120 Å². The number of nitrogens with zero attached hydrogens (tertiary/aromatic N) is 1. The Morgan fingerprint density at radius 3 is 2.95 bits per heavy atom. The van der Waals surface area contributed by atoms with Crippen LogP contribution in [0.3, 0.4) is 0 Å². The van der Waals surface area contributed by atoms with Gasteiger partial charge in [-0.2, -0.15) is 0 Å². The molecule has 2 heterocycles. The molecule has 0 aliphatic heterocycles. The zero-order valence-electron chi connectivity index (χ0n) is 10.3. The Hall–Kier alpha value is -1.39. The SMILES string of the molecule is O=C(Nc1ccc(Cl)cn1)c1csc2c1CCCC2. The number of rotatable bonds is 2. The highest BCUT2D eigenvalue weighted by Crippen LogP contribution is 2.30. The van der Waals surface area contributed by atoms with Crippen LogP contribution in [0.1, 0.15) is 33.6 Å². The van der Waals surface area contributed by atoms with E-state index in [1.807, 2.05) is 5.38 Å². The molecule has 0 aromatic carbocycles. The van der Waals surface area contributed by atoms with Crippen LogP contribution >= 0.6 is 22.9 Å². The predicted molar refractivity (Wildman–Crippen MR) is 78.2 cm³/mol. The first kappa shape index (κ1) is 12.6. The fourth-order valence-corrected chi connectivity index (χ4v) is 3.56. The van der Waals surface area contributed by atoms with Crippen molar-refractivity contribution in [3.8, 4) is 0 Å². The van der Waals surface area contributed by atoms with E-state index in [4.69, 9.17) is 11.6 Å². The maximum Gasteiger partial charge on any atom is 0.257 e. The van der Waals surface area contributed by atoms with E-state index in [1.165, 1.54) is 29.5 Å². The van der Waals surface area contributed by atoms with E-state index in [-0.39, 0.29) is 5.91 Å². The summed E-state index contributed by atoms with van der Waals surface area (Å²) in [4.78, 5) is 17.7. The molecule has 1 aliphatic rings. The molecule has 0 unspecified atom stereocenters. The van der Waals surface area contributed by atoms with Crippen LogP contribution in [0.2, 0.25) is 5.02 Å². The van der Waals surface area contributed by atoms with Crippen molar-refractivity contribution in [2.75, 3.05) is 5.32 Å². The molecule has 19 heavy (non-hydrogen) atoms. The van der Waals surface area contributed by atoms with Crippen LogP contribution in [-0.2, 0) is 12.8 Å². The van der Waals surface area contributed by atoms with Crippen molar-refractivity contribution in [3.05, 3.63) is 44.7 Å². The molecular weight excluding hydrogens is 280 g/mol. The monoisotopic (exact) mass is 292 g/mol. The summed E-state index contributed by atoms with van der Waals surface area (Å²) in [5.74, 6) is 0.458. The third-order valence-corrected chi connectivity index (χ3v) is 4.59. The molecule has 1 amide bonds. The maximum atomic E-state index is 12.3. The largest absolute Gasteiger partial charge is 0.307 e. The molecule has 0 fully saturated rings. The average molecular weight is 293 g/mol. The second kappa shape index (κ2) is 5.31. The number of thiophene rings is 1. The lowest BCUT2D eigenvalue weighted by Gasteiger charge is -2.12. The Morgan fingerprint density at radius 1 is 1.32 bits per heavy atom. The number of nitrogens with one attached hydrogen (secondary N) is 1. The van der Waals surface area contributed by atoms with Crippen molar-refractivity contribution in [2.24, 2.45) is 0 Å². The summed E-state index contributed by atoms with van der Waals surface area (Å²) in [5, 5.41) is 5.34. The van der Waals surface area contributed by atoms with E-state index < -0.39 is 0 Å². The first-order valence-electron chi connectivity index (χ1n) is 6.26. The minimum Gasteiger partial charge on any atom is -0.307 e. The van der Waals surface area contributed by atoms with Gasteiger partial charge in [0.2, 0.25) is 0 Å². The van der Waals surface area contributed by atoms with Crippen LogP contribution in [0.25, 0.3) is 0 Å². The lowest BCUT2D eigenvalue weighted by Crippen LogP contribution is -2.15. The summed E-state index contributed by atoms with van der Waals surface area (Å²) < 4.78 is 0. The van der Waals surface area contributed by atoms with E-state index in [2.05, 4.69) is 10.3 Å². The summed E-state index contributed by atoms with van der Waals surface area (Å²) in [6.07, 6.45) is 6.04. The molecule has 2 aromatic heterocycles. The summed E-state index contributed by atoms with van der Waals surface area (Å²) in [6.45, 7) is 0. The second-order valence-corrected chi connectivity index (χ2v) is 5.97. The smallest absolute Gasteiger partial charge is 0.257 e. The van der Waals surface area contributed by atoms with Crippen molar-refractivity contribution < 1.29 is 4.79 Å². The van der Waals surface area contributed by atoms with E-state index in [0.29, 0.717) is 10.8 Å². The third kappa shape index (κ3) is 2.65. The molecule has 0 bridgehead atoms. The number of aryl methyl sites for hydroxylation is 1. The quantitative estimate of drug-likeness (QED) is 0.911. The molecule has 0 saturated carbocycles. The molecule has 0 radical (unpaired) electrons. The van der Waals surface area contributed by atoms with Crippen molar-refractivity contribution in [1.29, 1.82) is 0 Å². The summed E-state index contributed by atoms with van der Waals surface area (Å²) >= 11 is 7.46. The lowest BCUT2D eigenvalue weighted by molar-refractivity contribution is 0.102. The van der Waals surface area contributed by atoms with Gasteiger partial charge in [0.15, 0.2) is 0 Å². The Balaban J connectivity index is 1.80. The van der Waals surface area contributed by atoms with Gasteiger partial charge in [-0.3, -0.25) is 4.79 Å². The van der Waals surface area contributed by atoms with Gasteiger partial charge in [-0.1, -0.05) is 11.6 Å². The standard InChI is InChI=1S/C14H13ClN2OS/c15-9-5-6-13(16-7-9)17-14(18)11-8-19-12-4-2-1-3-10(11)12/h5-8H,1-4H2,(H,16,17,18). The number of aromatic nitrogens is 1. The van der Waals surface area contributed by atoms with E-state index >= 15 is 0 Å². The molecule has 0 saturated heterocycles. The normalized spacial score (nSPS) is 13.9. The van der Waals surface area contributed by atoms with Gasteiger partial charge in [0.05, 0.1) is 10.6 Å². The fraction of sp³-hybridized carbons (Fsp3) is 0.286. The van der Waals surface area contributed by atoms with Gasteiger partial charge in [0.25, 0.3) is 5.91 Å². The van der Waals surface area contributed by atoms with Crippen LogP contribution in [0, 0.1) is 0 Å². The van der Waals surface area contributed by atoms with Gasteiger partial charge >= 0.3 is 0 Å². The fourth-order valence-electron chi connectivity index (χ4n) is 2.32. The maximum absolute atomic E-state index is 12.3. The van der Waals surface area contributed by atoms with Gasteiger partial charge in [0.1, 0.15) is 5.82 Å². The topological polar surface area (TPSA) is 42.0 Å². The number of anilines is 1. The molecule has 98 valence electrons. The molecule has 0 spiro atoms. The first-order valence-corrected chi connectivity index (χ1v) is 7.52. The molecular formula is C14H13ClN2OS. The molecule has 3 rings (SSSR count). The van der Waals surface area contributed by atoms with Gasteiger partial charge in [-0.25, -0.2) is 4.98 Å². The summed E-state index contributed by atoms with van der Waals surface area (Å²) in [6, 6.07) is 3.42. The number of pyridine rings is 1. The molecule has 1 N–H and O–H groups in total. The first-order chi connectivity index (χ1) is 9.24. The van der Waals surface area contributed by atoms with Gasteiger partial charge in [-0.05, 0) is 43.4 Å². The highest BCUT2D eigenvalue weighted by Gasteiger charge is 2.20. The predicted octanol–water partition coefficient (Wildman–Crippen LogP) is 3.93. The van der Waals surface area contributed by atoms with E-state index in [0.717, 1.165) is 18.4 Å². The number of hydrogen-bond acceptors (Lipinski definition) is 3. The lowest BCUT2D eigenvalue weighted by atomic mass is 9.96. The van der Waals surface area contributed by atoms with Gasteiger partial charge in [0, 0.05) is 16.5 Å². The molecule has 2 aromatic rings. The van der Waals surface area contributed by atoms with Crippen LogP contribution in [0.5, 0.6) is 0 Å². The number of carbonyl (C=O) groups excluding carboxylic acids is 1. The number of hydrogen-bond donors (Lipinski definition) is 1. The Bertz CT molecular complexity index is 606. The number of amides is 1.